The molecule has 1 fully saturated rings. The van der Waals surface area contributed by atoms with E-state index < -0.39 is 4.92 Å². The summed E-state index contributed by atoms with van der Waals surface area (Å²) in [7, 11) is 0. The van der Waals surface area contributed by atoms with E-state index >= 15 is 0 Å². The Morgan fingerprint density at radius 1 is 1.78 bits per heavy atom. The molecule has 1 aliphatic heterocycles. The van der Waals surface area contributed by atoms with E-state index in [-0.39, 0.29) is 19.4 Å². The van der Waals surface area contributed by atoms with Crippen molar-refractivity contribution >= 4 is 0 Å². The highest BCUT2D eigenvalue weighted by Crippen LogP contribution is 2.01. The first-order valence-electron chi connectivity index (χ1n) is 2.60. The number of hydrogen-bond acceptors (Lipinski definition) is 4. The van der Waals surface area contributed by atoms with E-state index in [0.717, 1.165) is 0 Å². The fourth-order valence-electron chi connectivity index (χ4n) is 0.644. The molecule has 0 aromatic rings. The Morgan fingerprint density at radius 2 is 2.56 bits per heavy atom. The average molecular weight is 133 g/mol. The van der Waals surface area contributed by atoms with Crippen molar-refractivity contribution in [2.24, 2.45) is 0 Å². The molecule has 5 heteroatoms. The molecule has 1 saturated heterocycles. The van der Waals surface area contributed by atoms with Crippen LogP contribution >= 0.6 is 0 Å². The van der Waals surface area contributed by atoms with E-state index in [1.54, 1.807) is 0 Å². The largest absolute Gasteiger partial charge is 0.352 e. The molecule has 0 aromatic carbocycles. The van der Waals surface area contributed by atoms with Crippen molar-refractivity contribution in [1.29, 1.82) is 0 Å². The topological polar surface area (TPSA) is 61.6 Å². The summed E-state index contributed by atoms with van der Waals surface area (Å²) in [4.78, 5) is 9.42. The van der Waals surface area contributed by atoms with Crippen molar-refractivity contribution in [2.75, 3.05) is 19.9 Å². The number of nitro groups is 1. The molecule has 1 heterocycles. The predicted molar refractivity (Wildman–Crippen MR) is 27.6 cm³/mol. The Kier molecular flexibility index (Phi) is 1.96. The maximum atomic E-state index is 9.83. The first-order chi connectivity index (χ1) is 4.29. The van der Waals surface area contributed by atoms with Crippen molar-refractivity contribution in [3.05, 3.63) is 10.1 Å². The van der Waals surface area contributed by atoms with Gasteiger partial charge in [-0.3, -0.25) is 10.1 Å². The lowest BCUT2D eigenvalue weighted by molar-refractivity contribution is -0.489. The highest BCUT2D eigenvalue weighted by atomic mass is 16.7. The predicted octanol–water partition coefficient (Wildman–Crippen LogP) is -0.364. The van der Waals surface area contributed by atoms with Crippen LogP contribution in [0.15, 0.2) is 0 Å². The molecule has 0 radical (unpaired) electrons. The van der Waals surface area contributed by atoms with Gasteiger partial charge in [0.05, 0.1) is 6.61 Å². The van der Waals surface area contributed by atoms with Crippen molar-refractivity contribution in [3.8, 4) is 0 Å². The molecule has 0 N–H and O–H groups in total. The van der Waals surface area contributed by atoms with Crippen molar-refractivity contribution < 1.29 is 14.4 Å². The molecule has 0 spiro atoms. The molecule has 1 rings (SSSR count). The first-order valence-corrected chi connectivity index (χ1v) is 2.60. The molecule has 9 heavy (non-hydrogen) atoms. The normalized spacial score (nSPS) is 26.4. The molecular weight excluding hydrogens is 126 g/mol. The SMILES string of the molecule is O=[N+]([O-])CC1COCO1. The van der Waals surface area contributed by atoms with Gasteiger partial charge >= 0.3 is 0 Å². The average Bonchev–Trinajstić information content (AvgIpc) is 2.15. The second-order valence-corrected chi connectivity index (χ2v) is 1.79. The lowest BCUT2D eigenvalue weighted by Gasteiger charge is -1.97. The summed E-state index contributed by atoms with van der Waals surface area (Å²) in [6.45, 7) is 0.388. The minimum Gasteiger partial charge on any atom is -0.352 e. The number of ether oxygens (including phenoxy) is 2. The van der Waals surface area contributed by atoms with Crippen LogP contribution in [0.1, 0.15) is 0 Å². The van der Waals surface area contributed by atoms with Gasteiger partial charge in [0.15, 0.2) is 0 Å². The molecule has 0 aromatic heterocycles. The van der Waals surface area contributed by atoms with Gasteiger partial charge in [-0.25, -0.2) is 0 Å². The third-order valence-electron chi connectivity index (χ3n) is 1.04. The van der Waals surface area contributed by atoms with Crippen molar-refractivity contribution in [2.45, 2.75) is 6.10 Å². The van der Waals surface area contributed by atoms with E-state index in [4.69, 9.17) is 9.47 Å². The monoisotopic (exact) mass is 133 g/mol. The Balaban J connectivity index is 2.19. The smallest absolute Gasteiger partial charge is 0.232 e. The van der Waals surface area contributed by atoms with Gasteiger partial charge in [0, 0.05) is 4.92 Å². The van der Waals surface area contributed by atoms with Gasteiger partial charge in [-0.1, -0.05) is 0 Å². The highest BCUT2D eigenvalue weighted by Gasteiger charge is 2.20. The fourth-order valence-corrected chi connectivity index (χ4v) is 0.644. The second-order valence-electron chi connectivity index (χ2n) is 1.79. The van der Waals surface area contributed by atoms with Crippen LogP contribution in [-0.4, -0.2) is 31.0 Å². The zero-order valence-electron chi connectivity index (χ0n) is 4.78. The number of hydrogen-bond donors (Lipinski definition) is 0. The minimum atomic E-state index is -0.403. The van der Waals surface area contributed by atoms with Crippen LogP contribution in [0.5, 0.6) is 0 Å². The summed E-state index contributed by atoms with van der Waals surface area (Å²) in [5.41, 5.74) is 0. The summed E-state index contributed by atoms with van der Waals surface area (Å²) in [5, 5.41) is 9.83. The highest BCUT2D eigenvalue weighted by molar-refractivity contribution is 4.56. The van der Waals surface area contributed by atoms with Crippen LogP contribution in [-0.2, 0) is 9.47 Å². The van der Waals surface area contributed by atoms with Gasteiger partial charge in [-0.2, -0.15) is 0 Å². The summed E-state index contributed by atoms with van der Waals surface area (Å²) in [6.07, 6.45) is -0.333. The van der Waals surface area contributed by atoms with Crippen molar-refractivity contribution in [3.63, 3.8) is 0 Å². The van der Waals surface area contributed by atoms with Crippen molar-refractivity contribution in [1.82, 2.24) is 0 Å². The number of rotatable bonds is 2. The minimum absolute atomic E-state index is 0.153. The first kappa shape index (κ1) is 6.44. The zero-order valence-corrected chi connectivity index (χ0v) is 4.78. The summed E-state index contributed by atoms with van der Waals surface area (Å²) in [6, 6.07) is 0. The molecule has 0 amide bonds. The molecule has 0 bridgehead atoms. The van der Waals surface area contributed by atoms with E-state index in [9.17, 15) is 10.1 Å². The third-order valence-corrected chi connectivity index (χ3v) is 1.04. The van der Waals surface area contributed by atoms with Crippen LogP contribution in [0.4, 0.5) is 0 Å². The lowest BCUT2D eigenvalue weighted by Crippen LogP contribution is -2.21. The fraction of sp³-hybridized carbons (Fsp3) is 1.00. The van der Waals surface area contributed by atoms with Gasteiger partial charge in [0.25, 0.3) is 0 Å². The second kappa shape index (κ2) is 2.75. The zero-order chi connectivity index (χ0) is 6.69. The van der Waals surface area contributed by atoms with Crippen LogP contribution < -0.4 is 0 Å². The van der Waals surface area contributed by atoms with Gasteiger partial charge < -0.3 is 9.47 Å². The molecule has 1 aliphatic rings. The van der Waals surface area contributed by atoms with E-state index in [2.05, 4.69) is 0 Å². The Labute approximate surface area is 51.7 Å². The maximum absolute atomic E-state index is 9.83. The standard InChI is InChI=1S/C4H7NO4/c6-5(7)1-4-2-8-3-9-4/h4H,1-3H2. The summed E-state index contributed by atoms with van der Waals surface area (Å²) >= 11 is 0. The quantitative estimate of drug-likeness (QED) is 0.381. The Morgan fingerprint density at radius 3 is 3.00 bits per heavy atom. The third kappa shape index (κ3) is 1.95. The van der Waals surface area contributed by atoms with Gasteiger partial charge in [0.2, 0.25) is 6.54 Å². The van der Waals surface area contributed by atoms with Crippen LogP contribution in [0.25, 0.3) is 0 Å². The van der Waals surface area contributed by atoms with Crippen LogP contribution in [0, 0.1) is 10.1 Å². The lowest BCUT2D eigenvalue weighted by atomic mass is 10.4. The van der Waals surface area contributed by atoms with Gasteiger partial charge in [-0.15, -0.1) is 0 Å². The van der Waals surface area contributed by atoms with E-state index in [1.165, 1.54) is 0 Å². The maximum Gasteiger partial charge on any atom is 0.232 e. The molecular formula is C4H7NO4. The summed E-state index contributed by atoms with van der Waals surface area (Å²) < 4.78 is 9.53. The Hall–Kier alpha value is -0.680. The van der Waals surface area contributed by atoms with E-state index in [1.807, 2.05) is 0 Å². The van der Waals surface area contributed by atoms with Crippen LogP contribution in [0.3, 0.4) is 0 Å². The molecule has 52 valence electrons. The summed E-state index contributed by atoms with van der Waals surface area (Å²) in [5.74, 6) is 0. The molecule has 1 unspecified atom stereocenters. The molecule has 0 aliphatic carbocycles. The van der Waals surface area contributed by atoms with Crippen LogP contribution in [0.2, 0.25) is 0 Å². The van der Waals surface area contributed by atoms with Gasteiger partial charge in [-0.05, 0) is 0 Å². The Bertz CT molecular complexity index is 109. The van der Waals surface area contributed by atoms with E-state index in [0.29, 0.717) is 6.61 Å². The van der Waals surface area contributed by atoms with Gasteiger partial charge in [0.1, 0.15) is 12.9 Å². The number of nitrogens with zero attached hydrogens (tertiary/aromatic N) is 1. The molecule has 0 saturated carbocycles. The molecule has 1 atom stereocenters. The molecule has 5 nitrogen and oxygen atoms in total.